The molecule has 0 fully saturated rings. The molecule has 0 saturated heterocycles. The lowest BCUT2D eigenvalue weighted by atomic mass is 10.3. The summed E-state index contributed by atoms with van der Waals surface area (Å²) in [5.41, 5.74) is 0.765. The highest BCUT2D eigenvalue weighted by atomic mass is 127. The summed E-state index contributed by atoms with van der Waals surface area (Å²) < 4.78 is 4.43. The fourth-order valence-corrected chi connectivity index (χ4v) is 3.53. The summed E-state index contributed by atoms with van der Waals surface area (Å²) in [6, 6.07) is 12.1. The SMILES string of the molecule is O=C(COc1ccc(Cl)cc1Cl)N[C@@H](NC(=S)Nc1ccccc1I)C(Cl)(Cl)Cl. The Morgan fingerprint density at radius 1 is 1.14 bits per heavy atom. The molecular weight excluding hydrogens is 614 g/mol. The highest BCUT2D eigenvalue weighted by Gasteiger charge is 2.34. The van der Waals surface area contributed by atoms with Gasteiger partial charge in [-0.15, -0.1) is 0 Å². The molecule has 3 N–H and O–H groups in total. The molecule has 156 valence electrons. The minimum absolute atomic E-state index is 0.160. The lowest BCUT2D eigenvalue weighted by molar-refractivity contribution is -0.123. The van der Waals surface area contributed by atoms with E-state index in [-0.39, 0.29) is 16.7 Å². The highest BCUT2D eigenvalue weighted by Crippen LogP contribution is 2.30. The first-order valence-electron chi connectivity index (χ1n) is 7.82. The number of anilines is 1. The van der Waals surface area contributed by atoms with E-state index in [0.29, 0.717) is 10.8 Å². The number of benzene rings is 2. The van der Waals surface area contributed by atoms with E-state index >= 15 is 0 Å². The molecule has 0 radical (unpaired) electrons. The second-order valence-electron chi connectivity index (χ2n) is 5.48. The Kier molecular flexibility index (Phi) is 9.66. The molecule has 12 heteroatoms. The minimum atomic E-state index is -1.89. The van der Waals surface area contributed by atoms with Crippen molar-refractivity contribution in [3.05, 3.63) is 56.1 Å². The Bertz CT molecular complexity index is 898. The lowest BCUT2D eigenvalue weighted by Crippen LogP contribution is -2.57. The third kappa shape index (κ3) is 8.32. The number of amides is 1. The third-order valence-corrected chi connectivity index (χ3v) is 5.63. The van der Waals surface area contributed by atoms with Gasteiger partial charge in [0.05, 0.1) is 10.7 Å². The van der Waals surface area contributed by atoms with Crippen LogP contribution in [0, 0.1) is 3.57 Å². The Labute approximate surface area is 211 Å². The first-order chi connectivity index (χ1) is 13.6. The van der Waals surface area contributed by atoms with Crippen molar-refractivity contribution in [1.29, 1.82) is 0 Å². The van der Waals surface area contributed by atoms with Crippen LogP contribution in [0.15, 0.2) is 42.5 Å². The summed E-state index contributed by atoms with van der Waals surface area (Å²) in [6.45, 7) is -0.364. The van der Waals surface area contributed by atoms with Crippen molar-refractivity contribution in [2.75, 3.05) is 11.9 Å². The average molecular weight is 628 g/mol. The van der Waals surface area contributed by atoms with Crippen LogP contribution in [-0.2, 0) is 4.79 Å². The second kappa shape index (κ2) is 11.3. The van der Waals surface area contributed by atoms with Crippen molar-refractivity contribution >= 4 is 110 Å². The molecule has 29 heavy (non-hydrogen) atoms. The smallest absolute Gasteiger partial charge is 0.259 e. The van der Waals surface area contributed by atoms with Gasteiger partial charge in [0, 0.05) is 8.59 Å². The molecule has 0 unspecified atom stereocenters. The Morgan fingerprint density at radius 2 is 1.83 bits per heavy atom. The summed E-state index contributed by atoms with van der Waals surface area (Å²) in [6.07, 6.45) is -1.12. The first kappa shape index (κ1) is 24.8. The predicted molar refractivity (Wildman–Crippen MR) is 133 cm³/mol. The third-order valence-electron chi connectivity index (χ3n) is 3.28. The minimum Gasteiger partial charge on any atom is -0.482 e. The molecule has 1 amide bonds. The van der Waals surface area contributed by atoms with Crippen LogP contribution in [0.1, 0.15) is 0 Å². The van der Waals surface area contributed by atoms with E-state index in [0.717, 1.165) is 9.26 Å². The van der Waals surface area contributed by atoms with Crippen molar-refractivity contribution in [3.8, 4) is 5.75 Å². The van der Waals surface area contributed by atoms with Crippen molar-refractivity contribution in [2.24, 2.45) is 0 Å². The maximum atomic E-state index is 12.3. The fourth-order valence-electron chi connectivity index (χ4n) is 1.99. The number of halogens is 6. The van der Waals surface area contributed by atoms with Crippen LogP contribution in [0.25, 0.3) is 0 Å². The van der Waals surface area contributed by atoms with Gasteiger partial charge < -0.3 is 20.7 Å². The maximum absolute atomic E-state index is 12.3. The number of para-hydroxylation sites is 1. The lowest BCUT2D eigenvalue weighted by Gasteiger charge is -2.28. The van der Waals surface area contributed by atoms with Crippen LogP contribution in [0.3, 0.4) is 0 Å². The Balaban J connectivity index is 1.96. The number of hydrogen-bond acceptors (Lipinski definition) is 3. The quantitative estimate of drug-likeness (QED) is 0.164. The molecule has 0 aliphatic heterocycles. The molecule has 0 spiro atoms. The number of carbonyl (C=O) groups excluding carboxylic acids is 1. The van der Waals surface area contributed by atoms with E-state index in [1.165, 1.54) is 6.07 Å². The second-order valence-corrected chi connectivity index (χ2v) is 10.3. The number of rotatable bonds is 6. The number of carbonyl (C=O) groups is 1. The first-order valence-corrected chi connectivity index (χ1v) is 11.2. The van der Waals surface area contributed by atoms with Gasteiger partial charge in [0.25, 0.3) is 5.91 Å². The zero-order chi connectivity index (χ0) is 21.6. The summed E-state index contributed by atoms with van der Waals surface area (Å²) in [4.78, 5) is 12.3. The Morgan fingerprint density at radius 3 is 2.45 bits per heavy atom. The topological polar surface area (TPSA) is 62.4 Å². The normalized spacial score (nSPS) is 12.1. The predicted octanol–water partition coefficient (Wildman–Crippen LogP) is 5.78. The largest absolute Gasteiger partial charge is 0.482 e. The molecule has 0 aromatic heterocycles. The number of alkyl halides is 3. The number of ether oxygens (including phenoxy) is 1. The fraction of sp³-hybridized carbons (Fsp3) is 0.176. The van der Waals surface area contributed by atoms with Gasteiger partial charge in [-0.1, -0.05) is 70.1 Å². The van der Waals surface area contributed by atoms with Crippen molar-refractivity contribution in [2.45, 2.75) is 9.96 Å². The van der Waals surface area contributed by atoms with Gasteiger partial charge in [0.2, 0.25) is 3.79 Å². The molecule has 0 aliphatic rings. The Hall–Kier alpha value is -0.420. The van der Waals surface area contributed by atoms with Crippen molar-refractivity contribution in [1.82, 2.24) is 10.6 Å². The molecule has 2 aromatic rings. The van der Waals surface area contributed by atoms with E-state index in [4.69, 9.17) is 75.0 Å². The van der Waals surface area contributed by atoms with E-state index in [2.05, 4.69) is 38.5 Å². The van der Waals surface area contributed by atoms with Gasteiger partial charge in [-0.3, -0.25) is 4.79 Å². The van der Waals surface area contributed by atoms with Gasteiger partial charge in [-0.2, -0.15) is 0 Å². The van der Waals surface area contributed by atoms with E-state index < -0.39 is 15.9 Å². The van der Waals surface area contributed by atoms with Crippen LogP contribution < -0.4 is 20.7 Å². The van der Waals surface area contributed by atoms with Gasteiger partial charge in [-0.05, 0) is 65.1 Å². The van der Waals surface area contributed by atoms with Crippen LogP contribution >= 0.6 is 92.8 Å². The van der Waals surface area contributed by atoms with Crippen LogP contribution in [0.2, 0.25) is 10.0 Å². The maximum Gasteiger partial charge on any atom is 0.259 e. The molecule has 0 aliphatic carbocycles. The molecule has 0 saturated carbocycles. The summed E-state index contributed by atoms with van der Waals surface area (Å²) in [5, 5.41) is 9.14. The summed E-state index contributed by atoms with van der Waals surface area (Å²) in [7, 11) is 0. The summed E-state index contributed by atoms with van der Waals surface area (Å²) in [5.74, 6) is -0.266. The van der Waals surface area contributed by atoms with Crippen LogP contribution in [-0.4, -0.2) is 27.6 Å². The van der Waals surface area contributed by atoms with Crippen molar-refractivity contribution in [3.63, 3.8) is 0 Å². The molecular formula is C17H13Cl5IN3O2S. The van der Waals surface area contributed by atoms with Crippen molar-refractivity contribution < 1.29 is 9.53 Å². The highest BCUT2D eigenvalue weighted by molar-refractivity contribution is 14.1. The molecule has 1 atom stereocenters. The van der Waals surface area contributed by atoms with Gasteiger partial charge in [0.15, 0.2) is 11.7 Å². The molecule has 5 nitrogen and oxygen atoms in total. The monoisotopic (exact) mass is 625 g/mol. The summed E-state index contributed by atoms with van der Waals surface area (Å²) >= 11 is 37.1. The number of thiocarbonyl (C=S) groups is 1. The number of nitrogens with one attached hydrogen (secondary N) is 3. The van der Waals surface area contributed by atoms with E-state index in [1.807, 2.05) is 24.3 Å². The molecule has 2 aromatic carbocycles. The molecule has 0 bridgehead atoms. The number of hydrogen-bond donors (Lipinski definition) is 3. The molecule has 0 heterocycles. The zero-order valence-electron chi connectivity index (χ0n) is 14.3. The van der Waals surface area contributed by atoms with Gasteiger partial charge in [-0.25, -0.2) is 0 Å². The van der Waals surface area contributed by atoms with Crippen LogP contribution in [0.5, 0.6) is 5.75 Å². The average Bonchev–Trinajstić information content (AvgIpc) is 2.61. The zero-order valence-corrected chi connectivity index (χ0v) is 21.1. The van der Waals surface area contributed by atoms with E-state index in [9.17, 15) is 4.79 Å². The standard InChI is InChI=1S/C17H13Cl5IN3O2S/c18-9-5-6-13(10(19)7-9)28-8-14(27)25-15(17(20,21)22)26-16(29)24-12-4-2-1-3-11(12)23/h1-7,15H,8H2,(H,25,27)(H2,24,26,29)/t15-/m0/s1. The van der Waals surface area contributed by atoms with E-state index in [1.54, 1.807) is 12.1 Å². The van der Waals surface area contributed by atoms with Gasteiger partial charge >= 0.3 is 0 Å². The van der Waals surface area contributed by atoms with Crippen LogP contribution in [0.4, 0.5) is 5.69 Å². The van der Waals surface area contributed by atoms with Gasteiger partial charge in [0.1, 0.15) is 11.9 Å². The molecule has 2 rings (SSSR count).